The third kappa shape index (κ3) is 5.49. The number of hydrogen-bond donors (Lipinski definition) is 1. The Labute approximate surface area is 137 Å². The fraction of sp³-hybridized carbons (Fsp3) is 0.316. The van der Waals surface area contributed by atoms with Gasteiger partial charge in [0.25, 0.3) is 0 Å². The summed E-state index contributed by atoms with van der Waals surface area (Å²) in [5.41, 5.74) is 2.61. The van der Waals surface area contributed by atoms with Gasteiger partial charge in [0.05, 0.1) is 6.42 Å². The highest BCUT2D eigenvalue weighted by atomic mass is 19.1. The van der Waals surface area contributed by atoms with Gasteiger partial charge in [-0.3, -0.25) is 9.69 Å². The molecule has 2 rings (SSSR count). The Balaban J connectivity index is 1.98. The second kappa shape index (κ2) is 8.44. The van der Waals surface area contributed by atoms with Crippen LogP contribution in [0.4, 0.5) is 10.1 Å². The van der Waals surface area contributed by atoms with Gasteiger partial charge in [0, 0.05) is 12.2 Å². The molecular weight excluding hydrogens is 291 g/mol. The van der Waals surface area contributed by atoms with Gasteiger partial charge in [-0.05, 0) is 48.5 Å². The molecule has 4 heteroatoms. The number of rotatable bonds is 7. The predicted molar refractivity (Wildman–Crippen MR) is 91.8 cm³/mol. The normalized spacial score (nSPS) is 10.8. The molecule has 0 aliphatic rings. The van der Waals surface area contributed by atoms with Crippen LogP contribution in [-0.4, -0.2) is 23.9 Å². The molecule has 3 nitrogen and oxygen atoms in total. The first-order valence-corrected chi connectivity index (χ1v) is 7.96. The zero-order chi connectivity index (χ0) is 16.7. The predicted octanol–water partition coefficient (Wildman–Crippen LogP) is 3.85. The minimum Gasteiger partial charge on any atom is -0.326 e. The van der Waals surface area contributed by atoms with Crippen molar-refractivity contribution in [1.29, 1.82) is 0 Å². The Hall–Kier alpha value is -2.20. The first-order valence-electron chi connectivity index (χ1n) is 7.96. The highest BCUT2D eigenvalue weighted by molar-refractivity contribution is 5.92. The standard InChI is InChI=1S/C19H23FN2O/c1-3-22(4-2)14-16-8-6-10-18(12-16)21-19(23)13-15-7-5-9-17(20)11-15/h5-12H,3-4,13-14H2,1-2H3,(H,21,23). The van der Waals surface area contributed by atoms with Gasteiger partial charge in [0.2, 0.25) is 5.91 Å². The van der Waals surface area contributed by atoms with Crippen LogP contribution in [0.15, 0.2) is 48.5 Å². The van der Waals surface area contributed by atoms with Crippen LogP contribution in [0.1, 0.15) is 25.0 Å². The summed E-state index contributed by atoms with van der Waals surface area (Å²) < 4.78 is 13.1. The largest absolute Gasteiger partial charge is 0.326 e. The highest BCUT2D eigenvalue weighted by Crippen LogP contribution is 2.13. The van der Waals surface area contributed by atoms with Crippen LogP contribution < -0.4 is 5.32 Å². The molecule has 0 heterocycles. The molecule has 0 unspecified atom stereocenters. The van der Waals surface area contributed by atoms with E-state index in [1.54, 1.807) is 12.1 Å². The topological polar surface area (TPSA) is 32.3 Å². The summed E-state index contributed by atoms with van der Waals surface area (Å²) >= 11 is 0. The zero-order valence-corrected chi connectivity index (χ0v) is 13.7. The van der Waals surface area contributed by atoms with Gasteiger partial charge in [0.1, 0.15) is 5.82 Å². The molecule has 0 fully saturated rings. The Kier molecular flexibility index (Phi) is 6.29. The van der Waals surface area contributed by atoms with Gasteiger partial charge < -0.3 is 5.32 Å². The third-order valence-electron chi connectivity index (χ3n) is 3.77. The maximum absolute atomic E-state index is 13.1. The van der Waals surface area contributed by atoms with Crippen LogP contribution in [0.2, 0.25) is 0 Å². The average molecular weight is 314 g/mol. The minimum atomic E-state index is -0.323. The molecule has 0 bridgehead atoms. The van der Waals surface area contributed by atoms with E-state index in [-0.39, 0.29) is 18.1 Å². The molecule has 0 saturated carbocycles. The van der Waals surface area contributed by atoms with E-state index in [2.05, 4.69) is 30.1 Å². The summed E-state index contributed by atoms with van der Waals surface area (Å²) in [4.78, 5) is 14.4. The first kappa shape index (κ1) is 17.2. The van der Waals surface area contributed by atoms with E-state index in [9.17, 15) is 9.18 Å². The maximum atomic E-state index is 13.1. The fourth-order valence-corrected chi connectivity index (χ4v) is 2.49. The SMILES string of the molecule is CCN(CC)Cc1cccc(NC(=O)Cc2cccc(F)c2)c1. The summed E-state index contributed by atoms with van der Waals surface area (Å²) in [6.45, 7) is 7.11. The van der Waals surface area contributed by atoms with E-state index in [0.717, 1.165) is 30.9 Å². The molecular formula is C19H23FN2O. The van der Waals surface area contributed by atoms with Crippen LogP contribution >= 0.6 is 0 Å². The van der Waals surface area contributed by atoms with Crippen molar-refractivity contribution in [3.05, 3.63) is 65.5 Å². The number of amides is 1. The molecule has 122 valence electrons. The summed E-state index contributed by atoms with van der Waals surface area (Å²) in [6.07, 6.45) is 0.165. The minimum absolute atomic E-state index is 0.143. The number of halogens is 1. The van der Waals surface area contributed by atoms with E-state index < -0.39 is 0 Å². The summed E-state index contributed by atoms with van der Waals surface area (Å²) in [7, 11) is 0. The van der Waals surface area contributed by atoms with Crippen LogP contribution in [0.25, 0.3) is 0 Å². The molecule has 0 aliphatic heterocycles. The second-order valence-electron chi connectivity index (χ2n) is 5.52. The summed E-state index contributed by atoms with van der Waals surface area (Å²) in [6, 6.07) is 14.0. The number of carbonyl (C=O) groups is 1. The van der Waals surface area contributed by atoms with Gasteiger partial charge in [-0.15, -0.1) is 0 Å². The van der Waals surface area contributed by atoms with Crippen LogP contribution in [0.3, 0.4) is 0 Å². The van der Waals surface area contributed by atoms with Crippen molar-refractivity contribution in [1.82, 2.24) is 4.90 Å². The van der Waals surface area contributed by atoms with Crippen molar-refractivity contribution in [3.63, 3.8) is 0 Å². The van der Waals surface area contributed by atoms with Crippen LogP contribution in [0, 0.1) is 5.82 Å². The monoisotopic (exact) mass is 314 g/mol. The Morgan fingerprint density at radius 1 is 1.04 bits per heavy atom. The van der Waals surface area contributed by atoms with Gasteiger partial charge >= 0.3 is 0 Å². The van der Waals surface area contributed by atoms with Crippen molar-refractivity contribution < 1.29 is 9.18 Å². The van der Waals surface area contributed by atoms with Gasteiger partial charge in [-0.25, -0.2) is 4.39 Å². The van der Waals surface area contributed by atoms with Crippen LogP contribution in [0.5, 0.6) is 0 Å². The molecule has 2 aromatic rings. The van der Waals surface area contributed by atoms with E-state index in [1.165, 1.54) is 12.1 Å². The first-order chi connectivity index (χ1) is 11.1. The van der Waals surface area contributed by atoms with E-state index in [1.807, 2.05) is 18.2 Å². The summed E-state index contributed by atoms with van der Waals surface area (Å²) in [5, 5.41) is 2.88. The second-order valence-corrected chi connectivity index (χ2v) is 5.52. The van der Waals surface area contributed by atoms with E-state index in [0.29, 0.717) is 5.56 Å². The molecule has 0 atom stereocenters. The van der Waals surface area contributed by atoms with Gasteiger partial charge in [0.15, 0.2) is 0 Å². The number of hydrogen-bond acceptors (Lipinski definition) is 2. The average Bonchev–Trinajstić information content (AvgIpc) is 2.53. The van der Waals surface area contributed by atoms with E-state index in [4.69, 9.17) is 0 Å². The number of nitrogens with zero attached hydrogens (tertiary/aromatic N) is 1. The van der Waals surface area contributed by atoms with Gasteiger partial charge in [-0.2, -0.15) is 0 Å². The molecule has 0 saturated heterocycles. The molecule has 0 aromatic heterocycles. The lowest BCUT2D eigenvalue weighted by Crippen LogP contribution is -2.22. The van der Waals surface area contributed by atoms with Gasteiger partial charge in [-0.1, -0.05) is 38.1 Å². The fourth-order valence-electron chi connectivity index (χ4n) is 2.49. The molecule has 0 aliphatic carbocycles. The van der Waals surface area contributed by atoms with Crippen molar-refractivity contribution >= 4 is 11.6 Å². The lowest BCUT2D eigenvalue weighted by atomic mass is 10.1. The Morgan fingerprint density at radius 3 is 2.43 bits per heavy atom. The zero-order valence-electron chi connectivity index (χ0n) is 13.7. The number of carbonyl (C=O) groups excluding carboxylic acids is 1. The highest BCUT2D eigenvalue weighted by Gasteiger charge is 2.07. The third-order valence-corrected chi connectivity index (χ3v) is 3.77. The van der Waals surface area contributed by atoms with Crippen molar-refractivity contribution in [2.75, 3.05) is 18.4 Å². The smallest absolute Gasteiger partial charge is 0.228 e. The molecule has 0 radical (unpaired) electrons. The molecule has 0 spiro atoms. The molecule has 1 amide bonds. The number of anilines is 1. The van der Waals surface area contributed by atoms with Crippen LogP contribution in [-0.2, 0) is 17.8 Å². The molecule has 1 N–H and O–H groups in total. The Morgan fingerprint density at radius 2 is 1.74 bits per heavy atom. The maximum Gasteiger partial charge on any atom is 0.228 e. The molecule has 23 heavy (non-hydrogen) atoms. The number of benzene rings is 2. The van der Waals surface area contributed by atoms with Crippen molar-refractivity contribution in [2.45, 2.75) is 26.8 Å². The lowest BCUT2D eigenvalue weighted by Gasteiger charge is -2.18. The molecule has 2 aromatic carbocycles. The Bertz CT molecular complexity index is 653. The summed E-state index contributed by atoms with van der Waals surface area (Å²) in [5.74, 6) is -0.466. The van der Waals surface area contributed by atoms with Crippen molar-refractivity contribution in [2.24, 2.45) is 0 Å². The lowest BCUT2D eigenvalue weighted by molar-refractivity contribution is -0.115. The number of nitrogens with one attached hydrogen (secondary N) is 1. The van der Waals surface area contributed by atoms with Crippen molar-refractivity contribution in [3.8, 4) is 0 Å². The van der Waals surface area contributed by atoms with E-state index >= 15 is 0 Å². The quantitative estimate of drug-likeness (QED) is 0.842.